The Morgan fingerprint density at radius 3 is 2.68 bits per heavy atom. The van der Waals surface area contributed by atoms with Crippen LogP contribution < -0.4 is 10.6 Å². The Kier molecular flexibility index (Phi) is 4.56. The molecule has 1 amide bonds. The molecule has 2 N–H and O–H groups in total. The molecule has 0 aromatic carbocycles. The average molecular weight is 338 g/mol. The molecular weight excluding hydrogens is 322 g/mol. The summed E-state index contributed by atoms with van der Waals surface area (Å²) in [6.07, 6.45) is 1.81. The highest BCUT2D eigenvalue weighted by Crippen LogP contribution is 2.22. The van der Waals surface area contributed by atoms with Gasteiger partial charge in [-0.25, -0.2) is 9.97 Å². The van der Waals surface area contributed by atoms with Crippen LogP contribution in [0.4, 0.5) is 5.13 Å². The number of rotatable bonds is 4. The zero-order valence-electron chi connectivity index (χ0n) is 11.9. The van der Waals surface area contributed by atoms with E-state index in [0.29, 0.717) is 10.8 Å². The van der Waals surface area contributed by atoms with E-state index in [0.717, 1.165) is 43.4 Å². The van der Waals surface area contributed by atoms with Crippen LogP contribution in [0, 0.1) is 0 Å². The molecule has 1 aliphatic rings. The normalized spacial score (nSPS) is 16.0. The monoisotopic (exact) mass is 337 g/mol. The fourth-order valence-electron chi connectivity index (χ4n) is 2.38. The van der Waals surface area contributed by atoms with E-state index >= 15 is 0 Å². The average Bonchev–Trinajstić information content (AvgIpc) is 3.00. The highest BCUT2D eigenvalue weighted by molar-refractivity contribution is 7.13. The minimum atomic E-state index is -0.476. The lowest BCUT2D eigenvalue weighted by atomic mass is 10.2. The SMILES string of the molecule is NC(=O)c1csc(N2CCN(Cc3ccc(Cl)nc3)CC2)n1. The van der Waals surface area contributed by atoms with E-state index in [4.69, 9.17) is 17.3 Å². The summed E-state index contributed by atoms with van der Waals surface area (Å²) in [5.41, 5.74) is 6.74. The van der Waals surface area contributed by atoms with Gasteiger partial charge in [-0.15, -0.1) is 11.3 Å². The number of hydrogen-bond donors (Lipinski definition) is 1. The van der Waals surface area contributed by atoms with Gasteiger partial charge < -0.3 is 10.6 Å². The van der Waals surface area contributed by atoms with E-state index in [1.807, 2.05) is 18.3 Å². The van der Waals surface area contributed by atoms with Crippen LogP contribution >= 0.6 is 22.9 Å². The molecule has 0 saturated carbocycles. The van der Waals surface area contributed by atoms with Crippen LogP contribution in [0.2, 0.25) is 5.15 Å². The number of carbonyl (C=O) groups is 1. The topological polar surface area (TPSA) is 75.4 Å². The Morgan fingerprint density at radius 1 is 1.32 bits per heavy atom. The molecule has 0 spiro atoms. The summed E-state index contributed by atoms with van der Waals surface area (Å²) in [7, 11) is 0. The van der Waals surface area contributed by atoms with Crippen LogP contribution in [0.25, 0.3) is 0 Å². The van der Waals surface area contributed by atoms with E-state index in [-0.39, 0.29) is 0 Å². The van der Waals surface area contributed by atoms with Crippen molar-refractivity contribution in [2.45, 2.75) is 6.54 Å². The Morgan fingerprint density at radius 2 is 2.09 bits per heavy atom. The highest BCUT2D eigenvalue weighted by Gasteiger charge is 2.20. The van der Waals surface area contributed by atoms with Crippen molar-refractivity contribution in [3.63, 3.8) is 0 Å². The number of hydrogen-bond acceptors (Lipinski definition) is 6. The van der Waals surface area contributed by atoms with Crippen LogP contribution in [0.5, 0.6) is 0 Å². The first-order valence-corrected chi connectivity index (χ1v) is 8.20. The molecule has 0 bridgehead atoms. The number of carbonyl (C=O) groups excluding carboxylic acids is 1. The number of primary amides is 1. The third-order valence-electron chi connectivity index (χ3n) is 3.58. The van der Waals surface area contributed by atoms with Crippen molar-refractivity contribution in [3.8, 4) is 0 Å². The van der Waals surface area contributed by atoms with Gasteiger partial charge in [-0.2, -0.15) is 0 Å². The maximum Gasteiger partial charge on any atom is 0.268 e. The van der Waals surface area contributed by atoms with Gasteiger partial charge in [-0.3, -0.25) is 9.69 Å². The third-order valence-corrected chi connectivity index (χ3v) is 4.71. The number of nitrogens with zero attached hydrogens (tertiary/aromatic N) is 4. The van der Waals surface area contributed by atoms with Crippen molar-refractivity contribution in [2.75, 3.05) is 31.1 Å². The number of aromatic nitrogens is 2. The molecule has 22 heavy (non-hydrogen) atoms. The lowest BCUT2D eigenvalue weighted by Gasteiger charge is -2.34. The molecule has 1 fully saturated rings. The van der Waals surface area contributed by atoms with Crippen molar-refractivity contribution >= 4 is 34.0 Å². The van der Waals surface area contributed by atoms with Gasteiger partial charge in [0.05, 0.1) is 0 Å². The van der Waals surface area contributed by atoms with Crippen molar-refractivity contribution in [1.82, 2.24) is 14.9 Å². The summed E-state index contributed by atoms with van der Waals surface area (Å²) in [5, 5.41) is 3.09. The molecule has 3 heterocycles. The summed E-state index contributed by atoms with van der Waals surface area (Å²) < 4.78 is 0. The number of piperazine rings is 1. The van der Waals surface area contributed by atoms with Crippen LogP contribution in [-0.2, 0) is 6.54 Å². The van der Waals surface area contributed by atoms with Crippen molar-refractivity contribution in [3.05, 3.63) is 40.1 Å². The molecular formula is C14H16ClN5OS. The Hall–Kier alpha value is -1.70. The van der Waals surface area contributed by atoms with Gasteiger partial charge in [0.15, 0.2) is 5.13 Å². The standard InChI is InChI=1S/C14H16ClN5OS/c15-12-2-1-10(7-17-12)8-19-3-5-20(6-4-19)14-18-11(9-22-14)13(16)21/h1-2,7,9H,3-6,8H2,(H2,16,21). The van der Waals surface area contributed by atoms with Gasteiger partial charge in [-0.1, -0.05) is 17.7 Å². The van der Waals surface area contributed by atoms with Gasteiger partial charge >= 0.3 is 0 Å². The van der Waals surface area contributed by atoms with E-state index in [1.54, 1.807) is 5.38 Å². The zero-order valence-corrected chi connectivity index (χ0v) is 13.5. The van der Waals surface area contributed by atoms with Crippen LogP contribution in [0.1, 0.15) is 16.1 Å². The molecule has 8 heteroatoms. The third kappa shape index (κ3) is 3.55. The lowest BCUT2D eigenvalue weighted by Crippen LogP contribution is -2.46. The predicted octanol–water partition coefficient (Wildman–Crippen LogP) is 1.61. The number of halogens is 1. The van der Waals surface area contributed by atoms with E-state index in [2.05, 4.69) is 19.8 Å². The fourth-order valence-corrected chi connectivity index (χ4v) is 3.36. The second kappa shape index (κ2) is 6.60. The quantitative estimate of drug-likeness (QED) is 0.858. The number of anilines is 1. The first kappa shape index (κ1) is 15.2. The van der Waals surface area contributed by atoms with Crippen LogP contribution in [0.3, 0.4) is 0 Å². The molecule has 116 valence electrons. The molecule has 0 aliphatic carbocycles. The smallest absolute Gasteiger partial charge is 0.268 e. The summed E-state index contributed by atoms with van der Waals surface area (Å²) in [5.74, 6) is -0.476. The van der Waals surface area contributed by atoms with E-state index in [1.165, 1.54) is 11.3 Å². The maximum atomic E-state index is 11.1. The van der Waals surface area contributed by atoms with Gasteiger partial charge in [0.1, 0.15) is 10.8 Å². The van der Waals surface area contributed by atoms with Crippen molar-refractivity contribution < 1.29 is 4.79 Å². The summed E-state index contributed by atoms with van der Waals surface area (Å²) in [4.78, 5) is 24.0. The number of amides is 1. The highest BCUT2D eigenvalue weighted by atomic mass is 35.5. The van der Waals surface area contributed by atoms with Gasteiger partial charge in [0.2, 0.25) is 0 Å². The second-order valence-corrected chi connectivity index (χ2v) is 6.36. The molecule has 6 nitrogen and oxygen atoms in total. The van der Waals surface area contributed by atoms with Crippen LogP contribution in [0.15, 0.2) is 23.7 Å². The van der Waals surface area contributed by atoms with Gasteiger partial charge in [0.25, 0.3) is 5.91 Å². The molecule has 1 aliphatic heterocycles. The molecule has 2 aromatic rings. The molecule has 3 rings (SSSR count). The second-order valence-electron chi connectivity index (χ2n) is 5.13. The van der Waals surface area contributed by atoms with Crippen LogP contribution in [-0.4, -0.2) is 47.0 Å². The largest absolute Gasteiger partial charge is 0.364 e. The summed E-state index contributed by atoms with van der Waals surface area (Å²) in [6.45, 7) is 4.50. The molecule has 1 saturated heterocycles. The first-order chi connectivity index (χ1) is 10.6. The number of pyridine rings is 1. The van der Waals surface area contributed by atoms with Gasteiger partial charge in [-0.05, 0) is 11.6 Å². The lowest BCUT2D eigenvalue weighted by molar-refractivity contribution is 0.0996. The Labute approximate surface area is 137 Å². The van der Waals surface area contributed by atoms with E-state index in [9.17, 15) is 4.79 Å². The number of nitrogens with two attached hydrogens (primary N) is 1. The summed E-state index contributed by atoms with van der Waals surface area (Å²) >= 11 is 7.26. The molecule has 0 unspecified atom stereocenters. The van der Waals surface area contributed by atoms with Gasteiger partial charge in [0, 0.05) is 44.3 Å². The first-order valence-electron chi connectivity index (χ1n) is 6.95. The predicted molar refractivity (Wildman–Crippen MR) is 87.4 cm³/mol. The molecule has 2 aromatic heterocycles. The fraction of sp³-hybridized carbons (Fsp3) is 0.357. The Bertz CT molecular complexity index is 652. The maximum absolute atomic E-state index is 11.1. The van der Waals surface area contributed by atoms with Crippen molar-refractivity contribution in [1.29, 1.82) is 0 Å². The summed E-state index contributed by atoms with van der Waals surface area (Å²) in [6, 6.07) is 3.82. The Balaban J connectivity index is 1.55. The van der Waals surface area contributed by atoms with E-state index < -0.39 is 5.91 Å². The zero-order chi connectivity index (χ0) is 15.5. The minimum Gasteiger partial charge on any atom is -0.364 e. The number of thiazole rings is 1. The molecule has 0 atom stereocenters. The minimum absolute atomic E-state index is 0.342. The molecule has 0 radical (unpaired) electrons. The van der Waals surface area contributed by atoms with Crippen molar-refractivity contribution in [2.24, 2.45) is 5.73 Å².